The molecule has 82 valence electrons. The third kappa shape index (κ3) is 2.90. The van der Waals surface area contributed by atoms with Gasteiger partial charge in [0.05, 0.1) is 24.8 Å². The van der Waals surface area contributed by atoms with Crippen LogP contribution in [0.5, 0.6) is 0 Å². The number of Topliss-reactive ketones (excluding diaryl/α,β-unsaturated/α-hetero) is 1. The average molecular weight is 210 g/mol. The first kappa shape index (κ1) is 11.4. The summed E-state index contributed by atoms with van der Waals surface area (Å²) in [6.45, 7) is 1.67. The molecule has 1 heterocycles. The lowest BCUT2D eigenvalue weighted by Gasteiger charge is -2.06. The second-order valence-electron chi connectivity index (χ2n) is 3.45. The van der Waals surface area contributed by atoms with Crippen LogP contribution in [0.3, 0.4) is 0 Å². The minimum Gasteiger partial charge on any atom is -0.469 e. The summed E-state index contributed by atoms with van der Waals surface area (Å²) in [6.07, 6.45) is 3.27. The van der Waals surface area contributed by atoms with E-state index in [0.717, 1.165) is 0 Å². The first-order valence-electron chi connectivity index (χ1n) is 4.64. The van der Waals surface area contributed by atoms with E-state index in [1.807, 2.05) is 0 Å². The fraction of sp³-hybridized carbons (Fsp3) is 0.500. The van der Waals surface area contributed by atoms with E-state index in [9.17, 15) is 9.59 Å². The van der Waals surface area contributed by atoms with E-state index in [0.29, 0.717) is 5.56 Å². The Labute approximate surface area is 88.0 Å². The zero-order valence-corrected chi connectivity index (χ0v) is 9.06. The van der Waals surface area contributed by atoms with Gasteiger partial charge in [0.2, 0.25) is 0 Å². The number of aryl methyl sites for hydroxylation is 1. The van der Waals surface area contributed by atoms with Gasteiger partial charge in [-0.3, -0.25) is 14.3 Å². The molecular formula is C10H14N2O3. The molecule has 0 aliphatic heterocycles. The van der Waals surface area contributed by atoms with Crippen LogP contribution in [0.1, 0.15) is 23.7 Å². The molecular weight excluding hydrogens is 196 g/mol. The van der Waals surface area contributed by atoms with Crippen molar-refractivity contribution in [3.63, 3.8) is 0 Å². The molecule has 0 saturated carbocycles. The number of aromatic nitrogens is 2. The molecule has 0 aromatic carbocycles. The Morgan fingerprint density at radius 3 is 2.73 bits per heavy atom. The zero-order chi connectivity index (χ0) is 11.4. The number of esters is 1. The highest BCUT2D eigenvalue weighted by Gasteiger charge is 2.19. The van der Waals surface area contributed by atoms with Crippen molar-refractivity contribution >= 4 is 11.8 Å². The molecule has 0 aliphatic rings. The molecule has 1 aromatic rings. The van der Waals surface area contributed by atoms with Crippen molar-refractivity contribution in [3.8, 4) is 0 Å². The van der Waals surface area contributed by atoms with Crippen LogP contribution >= 0.6 is 0 Å². The number of rotatable bonds is 4. The minimum absolute atomic E-state index is 0.0963. The van der Waals surface area contributed by atoms with Crippen LogP contribution in [0.2, 0.25) is 0 Å². The molecule has 1 unspecified atom stereocenters. The van der Waals surface area contributed by atoms with E-state index in [4.69, 9.17) is 0 Å². The number of carbonyl (C=O) groups excluding carboxylic acids is 2. The largest absolute Gasteiger partial charge is 0.469 e. The Morgan fingerprint density at radius 1 is 1.60 bits per heavy atom. The second-order valence-corrected chi connectivity index (χ2v) is 3.45. The molecule has 0 amide bonds. The highest BCUT2D eigenvalue weighted by molar-refractivity contribution is 5.97. The smallest absolute Gasteiger partial charge is 0.308 e. The molecule has 1 rings (SSSR count). The number of nitrogens with zero attached hydrogens (tertiary/aromatic N) is 2. The standard InChI is InChI=1S/C10H14N2O3/c1-7(10(14)15-3)4-9(13)8-5-11-12(2)6-8/h5-7H,4H2,1-3H3. The van der Waals surface area contributed by atoms with Gasteiger partial charge in [-0.25, -0.2) is 0 Å². The predicted molar refractivity (Wildman–Crippen MR) is 53.3 cm³/mol. The first-order valence-corrected chi connectivity index (χ1v) is 4.64. The summed E-state index contributed by atoms with van der Waals surface area (Å²) in [6, 6.07) is 0. The average Bonchev–Trinajstić information content (AvgIpc) is 2.63. The van der Waals surface area contributed by atoms with Gasteiger partial charge in [-0.1, -0.05) is 6.92 Å². The third-order valence-corrected chi connectivity index (χ3v) is 2.12. The maximum absolute atomic E-state index is 11.6. The summed E-state index contributed by atoms with van der Waals surface area (Å²) >= 11 is 0. The number of ketones is 1. The number of hydrogen-bond donors (Lipinski definition) is 0. The Hall–Kier alpha value is -1.65. The molecule has 1 aromatic heterocycles. The molecule has 1 atom stereocenters. The molecule has 15 heavy (non-hydrogen) atoms. The van der Waals surface area contributed by atoms with Crippen molar-refractivity contribution in [2.24, 2.45) is 13.0 Å². The van der Waals surface area contributed by atoms with E-state index < -0.39 is 5.92 Å². The van der Waals surface area contributed by atoms with Gasteiger partial charge >= 0.3 is 5.97 Å². The summed E-state index contributed by atoms with van der Waals surface area (Å²) in [5.41, 5.74) is 0.522. The lowest BCUT2D eigenvalue weighted by Crippen LogP contribution is -2.16. The molecule has 0 spiro atoms. The van der Waals surface area contributed by atoms with Gasteiger partial charge < -0.3 is 4.74 Å². The molecule has 0 N–H and O–H groups in total. The monoisotopic (exact) mass is 210 g/mol. The fourth-order valence-electron chi connectivity index (χ4n) is 1.25. The summed E-state index contributed by atoms with van der Waals surface area (Å²) in [7, 11) is 3.05. The van der Waals surface area contributed by atoms with Crippen LogP contribution in [-0.4, -0.2) is 28.6 Å². The van der Waals surface area contributed by atoms with Gasteiger partial charge in [0.1, 0.15) is 0 Å². The Bertz CT molecular complexity index is 370. The van der Waals surface area contributed by atoms with Crippen molar-refractivity contribution in [3.05, 3.63) is 18.0 Å². The predicted octanol–water partition coefficient (Wildman–Crippen LogP) is 0.802. The summed E-state index contributed by atoms with van der Waals surface area (Å²) in [5.74, 6) is -0.879. The molecule has 5 nitrogen and oxygen atoms in total. The van der Waals surface area contributed by atoms with Crippen molar-refractivity contribution in [1.82, 2.24) is 9.78 Å². The molecule has 0 fully saturated rings. The van der Waals surface area contributed by atoms with Gasteiger partial charge in [-0.15, -0.1) is 0 Å². The maximum Gasteiger partial charge on any atom is 0.308 e. The van der Waals surface area contributed by atoms with Crippen molar-refractivity contribution in [1.29, 1.82) is 0 Å². The Balaban J connectivity index is 2.60. The highest BCUT2D eigenvalue weighted by Crippen LogP contribution is 2.10. The maximum atomic E-state index is 11.6. The second kappa shape index (κ2) is 4.72. The van der Waals surface area contributed by atoms with Crippen LogP contribution in [0.4, 0.5) is 0 Å². The molecule has 5 heteroatoms. The van der Waals surface area contributed by atoms with Gasteiger partial charge in [0.25, 0.3) is 0 Å². The third-order valence-electron chi connectivity index (χ3n) is 2.12. The Morgan fingerprint density at radius 2 is 2.27 bits per heavy atom. The van der Waals surface area contributed by atoms with Gasteiger partial charge in [-0.05, 0) is 0 Å². The van der Waals surface area contributed by atoms with Crippen LogP contribution in [0, 0.1) is 5.92 Å². The molecule has 0 radical (unpaired) electrons. The van der Waals surface area contributed by atoms with Crippen molar-refractivity contribution in [2.45, 2.75) is 13.3 Å². The fourth-order valence-corrected chi connectivity index (χ4v) is 1.25. The van der Waals surface area contributed by atoms with Gasteiger partial charge in [0.15, 0.2) is 5.78 Å². The van der Waals surface area contributed by atoms with Gasteiger partial charge in [0, 0.05) is 19.7 Å². The molecule has 0 aliphatic carbocycles. The van der Waals surface area contributed by atoms with E-state index in [1.54, 1.807) is 24.9 Å². The van der Waals surface area contributed by atoms with Crippen molar-refractivity contribution in [2.75, 3.05) is 7.11 Å². The van der Waals surface area contributed by atoms with Crippen LogP contribution in [0.15, 0.2) is 12.4 Å². The number of carbonyl (C=O) groups is 2. The topological polar surface area (TPSA) is 61.2 Å². The van der Waals surface area contributed by atoms with Crippen LogP contribution in [0.25, 0.3) is 0 Å². The number of methoxy groups -OCH3 is 1. The lowest BCUT2D eigenvalue weighted by atomic mass is 10.0. The summed E-state index contributed by atoms with van der Waals surface area (Å²) < 4.78 is 6.09. The molecule has 0 saturated heterocycles. The van der Waals surface area contributed by atoms with E-state index in [2.05, 4.69) is 9.84 Å². The van der Waals surface area contributed by atoms with Crippen LogP contribution < -0.4 is 0 Å². The minimum atomic E-state index is -0.414. The first-order chi connectivity index (χ1) is 7.04. The lowest BCUT2D eigenvalue weighted by molar-refractivity contribution is -0.144. The van der Waals surface area contributed by atoms with Gasteiger partial charge in [-0.2, -0.15) is 5.10 Å². The van der Waals surface area contributed by atoms with Crippen LogP contribution in [-0.2, 0) is 16.6 Å². The molecule has 0 bridgehead atoms. The van der Waals surface area contributed by atoms with Crippen molar-refractivity contribution < 1.29 is 14.3 Å². The summed E-state index contributed by atoms with van der Waals surface area (Å²) in [5, 5.41) is 3.89. The highest BCUT2D eigenvalue weighted by atomic mass is 16.5. The normalized spacial score (nSPS) is 12.2. The van der Waals surface area contributed by atoms with E-state index >= 15 is 0 Å². The van der Waals surface area contributed by atoms with E-state index in [-0.39, 0.29) is 18.2 Å². The summed E-state index contributed by atoms with van der Waals surface area (Å²) in [4.78, 5) is 22.7. The number of hydrogen-bond acceptors (Lipinski definition) is 4. The number of ether oxygens (including phenoxy) is 1. The quantitative estimate of drug-likeness (QED) is 0.544. The van der Waals surface area contributed by atoms with E-state index in [1.165, 1.54) is 13.3 Å². The Kier molecular flexibility index (Phi) is 3.60. The SMILES string of the molecule is COC(=O)C(C)CC(=O)c1cnn(C)c1. The zero-order valence-electron chi connectivity index (χ0n) is 9.06.